The Morgan fingerprint density at radius 3 is 1.40 bits per heavy atom. The Morgan fingerprint density at radius 2 is 1.05 bits per heavy atom. The molecule has 4 amide bonds. The van der Waals surface area contributed by atoms with Gasteiger partial charge in [0, 0.05) is 24.2 Å². The highest BCUT2D eigenvalue weighted by Gasteiger charge is 2.32. The zero-order valence-corrected chi connectivity index (χ0v) is 22.8. The topological polar surface area (TPSA) is 214 Å². The van der Waals surface area contributed by atoms with Crippen LogP contribution in [0.3, 0.4) is 0 Å². The normalized spacial score (nSPS) is 18.8. The molecule has 14 nitrogen and oxygen atoms in total. The van der Waals surface area contributed by atoms with Gasteiger partial charge >= 0.3 is 0 Å². The molecule has 42 heavy (non-hydrogen) atoms. The molecule has 0 bridgehead atoms. The van der Waals surface area contributed by atoms with E-state index in [4.69, 9.17) is 11.5 Å². The number of fused-ring (bicyclic) bond motifs is 2. The second kappa shape index (κ2) is 10.9. The SMILES string of the molecule is Cc1nc2cccc(N)c2c(=O)n1C1CCC(=O)NC1=O.Cc1nc2cccc(N)c2c(=O)n1C1CCC(=O)NC1=O. The quantitative estimate of drug-likeness (QED) is 0.193. The van der Waals surface area contributed by atoms with E-state index in [1.165, 1.54) is 9.13 Å². The number of nitrogens with zero attached hydrogens (tertiary/aromatic N) is 4. The highest BCUT2D eigenvalue weighted by atomic mass is 16.2. The van der Waals surface area contributed by atoms with Gasteiger partial charge in [-0.15, -0.1) is 0 Å². The van der Waals surface area contributed by atoms with Gasteiger partial charge in [-0.25, -0.2) is 9.97 Å². The summed E-state index contributed by atoms with van der Waals surface area (Å²) in [6.45, 7) is 3.32. The maximum atomic E-state index is 12.7. The molecule has 2 aromatic carbocycles. The number of carbonyl (C=O) groups excluding carboxylic acids is 4. The lowest BCUT2D eigenvalue weighted by molar-refractivity contribution is -0.137. The van der Waals surface area contributed by atoms with Crippen molar-refractivity contribution in [2.45, 2.75) is 51.6 Å². The van der Waals surface area contributed by atoms with Crippen LogP contribution >= 0.6 is 0 Å². The zero-order valence-electron chi connectivity index (χ0n) is 22.8. The molecule has 2 aliphatic heterocycles. The number of piperidine rings is 2. The number of hydrogen-bond acceptors (Lipinski definition) is 10. The van der Waals surface area contributed by atoms with Gasteiger partial charge in [-0.2, -0.15) is 0 Å². The number of anilines is 2. The van der Waals surface area contributed by atoms with Gasteiger partial charge in [-0.1, -0.05) is 12.1 Å². The molecule has 2 atom stereocenters. The van der Waals surface area contributed by atoms with Gasteiger partial charge in [-0.05, 0) is 51.0 Å². The second-order valence-electron chi connectivity index (χ2n) is 10.1. The van der Waals surface area contributed by atoms with Crippen LogP contribution in [-0.2, 0) is 19.2 Å². The second-order valence-corrected chi connectivity index (χ2v) is 10.1. The molecule has 6 rings (SSSR count). The van der Waals surface area contributed by atoms with Gasteiger partial charge in [0.25, 0.3) is 11.1 Å². The van der Waals surface area contributed by atoms with E-state index in [1.807, 2.05) is 0 Å². The van der Waals surface area contributed by atoms with Gasteiger partial charge in [0.15, 0.2) is 0 Å². The average molecular weight is 573 g/mol. The van der Waals surface area contributed by atoms with Gasteiger partial charge in [0.1, 0.15) is 23.7 Å². The smallest absolute Gasteiger partial charge is 0.264 e. The molecule has 4 heterocycles. The van der Waals surface area contributed by atoms with Gasteiger partial charge in [0.2, 0.25) is 23.6 Å². The fraction of sp³-hybridized carbons (Fsp3) is 0.286. The molecule has 2 aliphatic rings. The van der Waals surface area contributed by atoms with E-state index < -0.39 is 23.9 Å². The molecule has 0 saturated carbocycles. The number of nitrogens with two attached hydrogens (primary N) is 2. The third-order valence-electron chi connectivity index (χ3n) is 7.32. The molecule has 14 heteroatoms. The van der Waals surface area contributed by atoms with E-state index in [0.29, 0.717) is 44.8 Å². The minimum absolute atomic E-state index is 0.199. The van der Waals surface area contributed by atoms with E-state index >= 15 is 0 Å². The van der Waals surface area contributed by atoms with Crippen molar-refractivity contribution < 1.29 is 19.2 Å². The van der Waals surface area contributed by atoms with Crippen LogP contribution in [0.2, 0.25) is 0 Å². The summed E-state index contributed by atoms with van der Waals surface area (Å²) < 4.78 is 2.64. The van der Waals surface area contributed by atoms with E-state index in [1.54, 1.807) is 50.2 Å². The van der Waals surface area contributed by atoms with Crippen LogP contribution in [0.15, 0.2) is 46.0 Å². The summed E-state index contributed by atoms with van der Waals surface area (Å²) in [6, 6.07) is 8.63. The highest BCUT2D eigenvalue weighted by Crippen LogP contribution is 2.23. The van der Waals surface area contributed by atoms with E-state index in [-0.39, 0.29) is 48.6 Å². The van der Waals surface area contributed by atoms with Crippen LogP contribution in [-0.4, -0.2) is 42.7 Å². The van der Waals surface area contributed by atoms with Crippen molar-refractivity contribution in [1.82, 2.24) is 29.7 Å². The fourth-order valence-corrected chi connectivity index (χ4v) is 5.35. The predicted molar refractivity (Wildman–Crippen MR) is 153 cm³/mol. The molecule has 0 radical (unpaired) electrons. The largest absolute Gasteiger partial charge is 0.398 e. The molecule has 6 N–H and O–H groups in total. The average Bonchev–Trinajstić information content (AvgIpc) is 2.91. The van der Waals surface area contributed by atoms with Crippen LogP contribution in [0.4, 0.5) is 11.4 Å². The first kappa shape index (κ1) is 28.1. The van der Waals surface area contributed by atoms with Crippen LogP contribution in [0.5, 0.6) is 0 Å². The van der Waals surface area contributed by atoms with E-state index in [2.05, 4.69) is 20.6 Å². The Bertz CT molecular complexity index is 1790. The summed E-state index contributed by atoms with van der Waals surface area (Å²) >= 11 is 0. The Kier molecular flexibility index (Phi) is 7.29. The fourth-order valence-electron chi connectivity index (χ4n) is 5.35. The molecular weight excluding hydrogens is 544 g/mol. The molecule has 4 aromatic rings. The summed E-state index contributed by atoms with van der Waals surface area (Å²) in [5, 5.41) is 5.09. The molecule has 2 unspecified atom stereocenters. The highest BCUT2D eigenvalue weighted by molar-refractivity contribution is 6.00. The molecular formula is C28H28N8O6. The molecule has 216 valence electrons. The molecule has 2 fully saturated rings. The van der Waals surface area contributed by atoms with Crippen LogP contribution in [0.25, 0.3) is 21.8 Å². The monoisotopic (exact) mass is 572 g/mol. The zero-order chi connectivity index (χ0) is 30.3. The van der Waals surface area contributed by atoms with Gasteiger partial charge in [-0.3, -0.25) is 48.5 Å². The number of carbonyl (C=O) groups is 4. The van der Waals surface area contributed by atoms with Gasteiger partial charge < -0.3 is 11.5 Å². The van der Waals surface area contributed by atoms with Crippen LogP contribution in [0, 0.1) is 13.8 Å². The summed E-state index contributed by atoms with van der Waals surface area (Å²) in [4.78, 5) is 80.5. The minimum Gasteiger partial charge on any atom is -0.398 e. The number of imide groups is 2. The number of aryl methyl sites for hydroxylation is 2. The third kappa shape index (κ3) is 4.98. The van der Waals surface area contributed by atoms with Crippen molar-refractivity contribution in [3.63, 3.8) is 0 Å². The first-order chi connectivity index (χ1) is 20.0. The lowest BCUT2D eigenvalue weighted by atomic mass is 10.1. The standard InChI is InChI=1S/2C14H14N4O3/c2*1-7-16-9-4-2-3-8(15)12(9)14(21)18(7)10-5-6-11(19)17-13(10)20/h2*2-4,10H,5-6,15H2,1H3,(H,17,19,20). The lowest BCUT2D eigenvalue weighted by Gasteiger charge is -2.24. The molecule has 2 aromatic heterocycles. The number of nitrogen functional groups attached to an aromatic ring is 2. The summed E-state index contributed by atoms with van der Waals surface area (Å²) in [6.07, 6.45) is 0.964. The maximum absolute atomic E-state index is 12.7. The summed E-state index contributed by atoms with van der Waals surface area (Å²) in [5.74, 6) is -0.759. The number of hydrogen-bond donors (Lipinski definition) is 4. The molecule has 0 spiro atoms. The molecule has 2 saturated heterocycles. The Labute approximate surface area is 237 Å². The van der Waals surface area contributed by atoms with Crippen molar-refractivity contribution in [2.24, 2.45) is 0 Å². The predicted octanol–water partition coefficient (Wildman–Crippen LogP) is 0.530. The lowest BCUT2D eigenvalue weighted by Crippen LogP contribution is -2.45. The summed E-state index contributed by atoms with van der Waals surface area (Å²) in [7, 11) is 0. The first-order valence-electron chi connectivity index (χ1n) is 13.2. The van der Waals surface area contributed by atoms with Crippen molar-refractivity contribution >= 4 is 56.8 Å². The van der Waals surface area contributed by atoms with Crippen molar-refractivity contribution in [1.29, 1.82) is 0 Å². The minimum atomic E-state index is -0.730. The number of aromatic nitrogens is 4. The first-order valence-corrected chi connectivity index (χ1v) is 13.2. The van der Waals surface area contributed by atoms with Crippen LogP contribution in [0.1, 0.15) is 49.4 Å². The maximum Gasteiger partial charge on any atom is 0.264 e. The van der Waals surface area contributed by atoms with Crippen LogP contribution < -0.4 is 33.2 Å². The van der Waals surface area contributed by atoms with Crippen molar-refractivity contribution in [3.8, 4) is 0 Å². The number of rotatable bonds is 2. The Morgan fingerprint density at radius 1 is 0.667 bits per heavy atom. The van der Waals surface area contributed by atoms with Crippen molar-refractivity contribution in [2.75, 3.05) is 11.5 Å². The van der Waals surface area contributed by atoms with Gasteiger partial charge in [0.05, 0.1) is 21.8 Å². The summed E-state index contributed by atoms with van der Waals surface area (Å²) in [5.41, 5.74) is 12.6. The number of benzene rings is 2. The number of amides is 4. The van der Waals surface area contributed by atoms with E-state index in [9.17, 15) is 28.8 Å². The Hall–Kier alpha value is -5.40. The van der Waals surface area contributed by atoms with Crippen molar-refractivity contribution in [3.05, 3.63) is 68.8 Å². The molecule has 0 aliphatic carbocycles. The Balaban J connectivity index is 0.000000168. The third-order valence-corrected chi connectivity index (χ3v) is 7.32. The number of nitrogens with one attached hydrogen (secondary N) is 2. The van der Waals surface area contributed by atoms with E-state index in [0.717, 1.165) is 0 Å².